The Hall–Kier alpha value is -4.99. The molecule has 204 valence electrons. The molecule has 3 nitrogen and oxygen atoms in total. The summed E-state index contributed by atoms with van der Waals surface area (Å²) in [5, 5.41) is 0. The molecule has 3 heteroatoms. The van der Waals surface area contributed by atoms with Crippen LogP contribution < -0.4 is 0 Å². The quantitative estimate of drug-likeness (QED) is 0.186. The van der Waals surface area contributed by atoms with Crippen molar-refractivity contribution in [3.05, 3.63) is 114 Å². The molecule has 0 spiro atoms. The molecule has 42 heavy (non-hydrogen) atoms. The van der Waals surface area contributed by atoms with Gasteiger partial charge < -0.3 is 0 Å². The molecule has 6 rings (SSSR count). The van der Waals surface area contributed by atoms with Crippen molar-refractivity contribution in [1.29, 1.82) is 0 Å². The van der Waals surface area contributed by atoms with Gasteiger partial charge in [-0.25, -0.2) is 15.0 Å². The molecule has 2 aliphatic carbocycles. The standard InChI is InChI=1S/C39H33N3/c1-5-7-16-27(6-2)36-40-37(28-17-11-10-12-18-28)42-38(41-36)31-20-15-19-29(25-31)30-23-24-35-33(26-30)32-21-13-8-9-14-22-34(32)39(35,3)4/h1,6-7,10-12,15-20,23-26H,9,14,21-22H2,2-4H3/b16-7-,27-6+. The Kier molecular flexibility index (Phi) is 7.43. The van der Waals surface area contributed by atoms with E-state index in [0.29, 0.717) is 17.5 Å². The van der Waals surface area contributed by atoms with Gasteiger partial charge in [0.1, 0.15) is 0 Å². The van der Waals surface area contributed by atoms with Gasteiger partial charge in [-0.2, -0.15) is 0 Å². The van der Waals surface area contributed by atoms with E-state index in [4.69, 9.17) is 21.4 Å². The molecule has 1 aromatic heterocycles. The van der Waals surface area contributed by atoms with Gasteiger partial charge in [0.15, 0.2) is 17.5 Å². The maximum atomic E-state index is 5.50. The molecule has 0 radical (unpaired) electrons. The van der Waals surface area contributed by atoms with Crippen LogP contribution in [0.3, 0.4) is 0 Å². The van der Waals surface area contributed by atoms with E-state index >= 15 is 0 Å². The minimum absolute atomic E-state index is 0.0392. The number of nitrogens with zero attached hydrogens (tertiary/aromatic N) is 3. The maximum Gasteiger partial charge on any atom is 0.164 e. The van der Waals surface area contributed by atoms with Gasteiger partial charge in [-0.15, -0.1) is 12.3 Å². The lowest BCUT2D eigenvalue weighted by atomic mass is 9.78. The van der Waals surface area contributed by atoms with Crippen LogP contribution in [0.1, 0.15) is 63.4 Å². The summed E-state index contributed by atoms with van der Waals surface area (Å²) >= 11 is 0. The Bertz CT molecular complexity index is 1870. The predicted octanol–water partition coefficient (Wildman–Crippen LogP) is 9.09. The molecule has 2 aliphatic rings. The fraction of sp³-hybridized carbons (Fsp3) is 0.205. The van der Waals surface area contributed by atoms with Crippen molar-refractivity contribution in [2.45, 2.75) is 51.9 Å². The predicted molar refractivity (Wildman–Crippen MR) is 174 cm³/mol. The second-order valence-corrected chi connectivity index (χ2v) is 11.2. The molecular weight excluding hydrogens is 510 g/mol. The summed E-state index contributed by atoms with van der Waals surface area (Å²) in [7, 11) is 0. The fourth-order valence-electron chi connectivity index (χ4n) is 6.11. The molecule has 0 saturated carbocycles. The summed E-state index contributed by atoms with van der Waals surface area (Å²) < 4.78 is 0. The summed E-state index contributed by atoms with van der Waals surface area (Å²) in [6, 6.07) is 25.4. The summed E-state index contributed by atoms with van der Waals surface area (Å²) in [4.78, 5) is 14.6. The summed E-state index contributed by atoms with van der Waals surface area (Å²) in [6.45, 7) is 6.69. The second-order valence-electron chi connectivity index (χ2n) is 11.2. The van der Waals surface area contributed by atoms with Crippen molar-refractivity contribution in [3.8, 4) is 58.1 Å². The minimum atomic E-state index is 0.0392. The molecule has 4 aromatic rings. The lowest BCUT2D eigenvalue weighted by Gasteiger charge is -2.25. The van der Waals surface area contributed by atoms with E-state index in [9.17, 15) is 0 Å². The molecule has 0 atom stereocenters. The van der Waals surface area contributed by atoms with Gasteiger partial charge in [-0.3, -0.25) is 0 Å². The van der Waals surface area contributed by atoms with Crippen LogP contribution in [0.25, 0.3) is 45.0 Å². The number of hydrogen-bond donors (Lipinski definition) is 0. The lowest BCUT2D eigenvalue weighted by molar-refractivity contribution is 0.597. The van der Waals surface area contributed by atoms with Crippen molar-refractivity contribution in [2.75, 3.05) is 0 Å². The van der Waals surface area contributed by atoms with Gasteiger partial charge in [-0.1, -0.05) is 98.0 Å². The van der Waals surface area contributed by atoms with Crippen LogP contribution in [0.15, 0.2) is 96.6 Å². The van der Waals surface area contributed by atoms with E-state index in [2.05, 4.69) is 74.1 Å². The van der Waals surface area contributed by atoms with E-state index in [1.54, 1.807) is 11.6 Å². The lowest BCUT2D eigenvalue weighted by Crippen LogP contribution is -2.17. The number of fused-ring (bicyclic) bond motifs is 2. The van der Waals surface area contributed by atoms with Gasteiger partial charge >= 0.3 is 0 Å². The van der Waals surface area contributed by atoms with Crippen LogP contribution in [-0.4, -0.2) is 15.0 Å². The summed E-state index contributed by atoms with van der Waals surface area (Å²) in [6.07, 6.45) is 15.0. The molecule has 0 bridgehead atoms. The van der Waals surface area contributed by atoms with E-state index in [1.165, 1.54) is 22.3 Å². The first-order valence-electron chi connectivity index (χ1n) is 14.5. The average Bonchev–Trinajstić information content (AvgIpc) is 3.21. The molecule has 0 aliphatic heterocycles. The topological polar surface area (TPSA) is 38.7 Å². The van der Waals surface area contributed by atoms with Crippen molar-refractivity contribution >= 4 is 11.1 Å². The third kappa shape index (κ3) is 5.11. The Balaban J connectivity index is 1.45. The second kappa shape index (κ2) is 11.5. The molecule has 3 aromatic carbocycles. The highest BCUT2D eigenvalue weighted by Gasteiger charge is 2.37. The monoisotopic (exact) mass is 543 g/mol. The maximum absolute atomic E-state index is 5.50. The number of terminal acetylenes is 1. The smallest absolute Gasteiger partial charge is 0.164 e. The van der Waals surface area contributed by atoms with Crippen molar-refractivity contribution < 1.29 is 0 Å². The first kappa shape index (κ1) is 27.2. The van der Waals surface area contributed by atoms with Gasteiger partial charge in [-0.05, 0) is 71.9 Å². The number of hydrogen-bond acceptors (Lipinski definition) is 3. The number of rotatable bonds is 5. The Morgan fingerprint density at radius 1 is 0.857 bits per heavy atom. The highest BCUT2D eigenvalue weighted by atomic mass is 15.0. The molecule has 0 saturated heterocycles. The zero-order chi connectivity index (χ0) is 29.1. The van der Waals surface area contributed by atoms with E-state index < -0.39 is 0 Å². The summed E-state index contributed by atoms with van der Waals surface area (Å²) in [5.74, 6) is 11.2. The van der Waals surface area contributed by atoms with Gasteiger partial charge in [0.2, 0.25) is 0 Å². The molecule has 0 unspecified atom stereocenters. The van der Waals surface area contributed by atoms with Gasteiger partial charge in [0.25, 0.3) is 0 Å². The Morgan fingerprint density at radius 2 is 1.60 bits per heavy atom. The van der Waals surface area contributed by atoms with Crippen LogP contribution in [0.4, 0.5) is 0 Å². The molecule has 0 fully saturated rings. The van der Waals surface area contributed by atoms with Crippen LogP contribution >= 0.6 is 0 Å². The largest absolute Gasteiger partial charge is 0.208 e. The molecular formula is C39H33N3. The number of aromatic nitrogens is 3. The highest BCUT2D eigenvalue weighted by Crippen LogP contribution is 2.50. The fourth-order valence-corrected chi connectivity index (χ4v) is 6.11. The number of allylic oxidation sites excluding steroid dienone is 6. The van der Waals surface area contributed by atoms with Crippen LogP contribution in [0, 0.1) is 24.2 Å². The van der Waals surface area contributed by atoms with E-state index in [-0.39, 0.29) is 5.41 Å². The van der Waals surface area contributed by atoms with Crippen molar-refractivity contribution in [1.82, 2.24) is 15.0 Å². The van der Waals surface area contributed by atoms with Crippen molar-refractivity contribution in [2.24, 2.45) is 0 Å². The zero-order valence-corrected chi connectivity index (χ0v) is 24.4. The Morgan fingerprint density at radius 3 is 2.38 bits per heavy atom. The average molecular weight is 544 g/mol. The van der Waals surface area contributed by atoms with Gasteiger partial charge in [0.05, 0.1) is 0 Å². The number of benzene rings is 3. The van der Waals surface area contributed by atoms with Crippen molar-refractivity contribution in [3.63, 3.8) is 0 Å². The normalized spacial score (nSPS) is 15.7. The van der Waals surface area contributed by atoms with Crippen LogP contribution in [0.5, 0.6) is 0 Å². The summed E-state index contributed by atoms with van der Waals surface area (Å²) in [5.41, 5.74) is 10.8. The van der Waals surface area contributed by atoms with E-state index in [0.717, 1.165) is 47.9 Å². The minimum Gasteiger partial charge on any atom is -0.208 e. The first-order valence-corrected chi connectivity index (χ1v) is 14.5. The highest BCUT2D eigenvalue weighted by molar-refractivity contribution is 5.85. The Labute approximate surface area is 249 Å². The molecule has 0 amide bonds. The van der Waals surface area contributed by atoms with Crippen LogP contribution in [-0.2, 0) is 5.41 Å². The molecule has 1 heterocycles. The molecule has 0 N–H and O–H groups in total. The zero-order valence-electron chi connectivity index (χ0n) is 24.4. The third-order valence-electron chi connectivity index (χ3n) is 8.31. The third-order valence-corrected chi connectivity index (χ3v) is 8.31. The van der Waals surface area contributed by atoms with Crippen LogP contribution in [0.2, 0.25) is 0 Å². The SMILES string of the molecule is C#C/C=C\C(=C/C)c1nc(-c2ccccc2)nc(-c2cccc(-c3ccc4c(c3)C3=C(CCCC#CC3)C4(C)C)c2)n1. The van der Waals surface area contributed by atoms with Gasteiger partial charge in [0, 0.05) is 35.0 Å². The van der Waals surface area contributed by atoms with E-state index in [1.807, 2.05) is 49.4 Å². The first-order chi connectivity index (χ1) is 20.5.